The van der Waals surface area contributed by atoms with Crippen LogP contribution < -0.4 is 5.32 Å². The Morgan fingerprint density at radius 2 is 2.10 bits per heavy atom. The number of hydrogen-bond acceptors (Lipinski definition) is 5. The Kier molecular flexibility index (Phi) is 5.73. The molecule has 0 saturated carbocycles. The van der Waals surface area contributed by atoms with Gasteiger partial charge in [-0.25, -0.2) is 0 Å². The van der Waals surface area contributed by atoms with Gasteiger partial charge in [0.05, 0.1) is 12.2 Å². The fourth-order valence-corrected chi connectivity index (χ4v) is 3.49. The third-order valence-electron chi connectivity index (χ3n) is 3.78. The monoisotopic (exact) mass is 309 g/mol. The zero-order valence-corrected chi connectivity index (χ0v) is 13.8. The molecule has 5 nitrogen and oxygen atoms in total. The Balaban J connectivity index is 2.07. The molecular weight excluding hydrogens is 286 g/mol. The summed E-state index contributed by atoms with van der Waals surface area (Å²) in [6.07, 6.45) is 4.49. The van der Waals surface area contributed by atoms with Crippen LogP contribution in [0.4, 0.5) is 5.13 Å². The highest BCUT2D eigenvalue weighted by atomic mass is 32.1. The van der Waals surface area contributed by atoms with E-state index >= 15 is 0 Å². The zero-order chi connectivity index (χ0) is 15.2. The van der Waals surface area contributed by atoms with Gasteiger partial charge in [-0.2, -0.15) is 0 Å². The van der Waals surface area contributed by atoms with Crippen LogP contribution in [-0.2, 0) is 9.53 Å². The largest absolute Gasteiger partial charge is 0.497 e. The average Bonchev–Trinajstić information content (AvgIpc) is 2.96. The molecule has 0 saturated heterocycles. The van der Waals surface area contributed by atoms with Gasteiger partial charge in [0.2, 0.25) is 5.13 Å². The molecule has 2 heterocycles. The van der Waals surface area contributed by atoms with Gasteiger partial charge in [0, 0.05) is 12.3 Å². The molecule has 6 heteroatoms. The summed E-state index contributed by atoms with van der Waals surface area (Å²) in [7, 11) is 0. The second-order valence-corrected chi connectivity index (χ2v) is 6.13. The van der Waals surface area contributed by atoms with Crippen LogP contribution in [0.1, 0.15) is 63.8 Å². The lowest BCUT2D eigenvalue weighted by molar-refractivity contribution is -0.113. The molecule has 1 aliphatic rings. The third kappa shape index (κ3) is 3.81. The second-order valence-electron chi connectivity index (χ2n) is 5.12. The number of carbonyl (C=O) groups excluding carboxylic acids is 1. The van der Waals surface area contributed by atoms with E-state index in [1.165, 1.54) is 11.3 Å². The number of nitrogens with zero attached hydrogens (tertiary/aromatic N) is 2. The van der Waals surface area contributed by atoms with E-state index in [1.54, 1.807) is 0 Å². The lowest BCUT2D eigenvalue weighted by Gasteiger charge is -2.19. The van der Waals surface area contributed by atoms with E-state index in [2.05, 4.69) is 29.4 Å². The molecule has 1 aromatic rings. The van der Waals surface area contributed by atoms with Gasteiger partial charge in [-0.05, 0) is 25.7 Å². The highest BCUT2D eigenvalue weighted by Gasteiger charge is 2.21. The van der Waals surface area contributed by atoms with Crippen molar-refractivity contribution in [3.8, 4) is 0 Å². The van der Waals surface area contributed by atoms with E-state index in [0.29, 0.717) is 17.7 Å². The molecule has 0 fully saturated rings. The van der Waals surface area contributed by atoms with Crippen LogP contribution in [0, 0.1) is 0 Å². The predicted molar refractivity (Wildman–Crippen MR) is 84.4 cm³/mol. The molecule has 2 rings (SSSR count). The van der Waals surface area contributed by atoms with Crippen LogP contribution in [-0.4, -0.2) is 22.7 Å². The maximum atomic E-state index is 12.3. The molecule has 116 valence electrons. The highest BCUT2D eigenvalue weighted by molar-refractivity contribution is 7.15. The van der Waals surface area contributed by atoms with Gasteiger partial charge in [-0.3, -0.25) is 10.1 Å². The molecule has 0 bridgehead atoms. The molecule has 21 heavy (non-hydrogen) atoms. The number of rotatable bonds is 6. The number of amides is 1. The van der Waals surface area contributed by atoms with E-state index < -0.39 is 0 Å². The number of anilines is 1. The summed E-state index contributed by atoms with van der Waals surface area (Å²) in [5, 5.41) is 12.7. The van der Waals surface area contributed by atoms with Gasteiger partial charge in [0.15, 0.2) is 0 Å². The van der Waals surface area contributed by atoms with Crippen LogP contribution in [0.5, 0.6) is 0 Å². The second kappa shape index (κ2) is 7.54. The molecule has 0 aliphatic carbocycles. The quantitative estimate of drug-likeness (QED) is 0.866. The van der Waals surface area contributed by atoms with Crippen molar-refractivity contribution in [2.45, 2.75) is 58.8 Å². The van der Waals surface area contributed by atoms with E-state index in [1.807, 2.05) is 6.92 Å². The molecule has 0 atom stereocenters. The number of allylic oxidation sites excluding steroid dienone is 1. The number of carbonyl (C=O) groups is 1. The number of nitrogens with one attached hydrogen (secondary N) is 1. The van der Waals surface area contributed by atoms with Gasteiger partial charge >= 0.3 is 0 Å². The summed E-state index contributed by atoms with van der Waals surface area (Å²) in [5.41, 5.74) is 0.753. The molecule has 1 aromatic heterocycles. The summed E-state index contributed by atoms with van der Waals surface area (Å²) < 4.78 is 5.56. The Labute approximate surface area is 129 Å². The number of ether oxygens (including phenoxy) is 1. The van der Waals surface area contributed by atoms with Crippen molar-refractivity contribution in [1.29, 1.82) is 0 Å². The van der Waals surface area contributed by atoms with Crippen molar-refractivity contribution in [2.75, 3.05) is 11.9 Å². The smallest absolute Gasteiger partial charge is 0.256 e. The molecule has 0 spiro atoms. The minimum absolute atomic E-state index is 0.0983. The zero-order valence-electron chi connectivity index (χ0n) is 12.9. The summed E-state index contributed by atoms with van der Waals surface area (Å²) in [6.45, 7) is 7.00. The van der Waals surface area contributed by atoms with Crippen molar-refractivity contribution < 1.29 is 9.53 Å². The molecular formula is C15H23N3O2S. The molecule has 0 radical (unpaired) electrons. The highest BCUT2D eigenvalue weighted by Crippen LogP contribution is 2.29. The normalized spacial score (nSPS) is 15.2. The van der Waals surface area contributed by atoms with Crippen molar-refractivity contribution in [2.24, 2.45) is 0 Å². The van der Waals surface area contributed by atoms with Crippen molar-refractivity contribution in [3.63, 3.8) is 0 Å². The first-order chi connectivity index (χ1) is 10.2. The summed E-state index contributed by atoms with van der Waals surface area (Å²) in [4.78, 5) is 12.3. The Morgan fingerprint density at radius 3 is 2.76 bits per heavy atom. The Hall–Kier alpha value is -1.43. The first kappa shape index (κ1) is 15.9. The van der Waals surface area contributed by atoms with E-state index in [-0.39, 0.29) is 5.91 Å². The van der Waals surface area contributed by atoms with Crippen LogP contribution in [0.2, 0.25) is 0 Å². The molecule has 1 amide bonds. The molecule has 1 aliphatic heterocycles. The summed E-state index contributed by atoms with van der Waals surface area (Å²) >= 11 is 1.47. The first-order valence-electron chi connectivity index (χ1n) is 7.69. The molecule has 1 N–H and O–H groups in total. The van der Waals surface area contributed by atoms with E-state index in [9.17, 15) is 4.79 Å². The lowest BCUT2D eigenvalue weighted by Crippen LogP contribution is -2.20. The van der Waals surface area contributed by atoms with Crippen LogP contribution in [0.25, 0.3) is 0 Å². The Bertz CT molecular complexity index is 521. The summed E-state index contributed by atoms with van der Waals surface area (Å²) in [6, 6.07) is 0. The van der Waals surface area contributed by atoms with Gasteiger partial charge < -0.3 is 4.74 Å². The standard InChI is InChI=1S/C15H23N3O2S/c1-4-10(5-2)14-17-18-15(21-14)16-13(19)11-8-7-9-20-12(11)6-3/h10H,4-9H2,1-3H3,(H,16,18,19). The number of aromatic nitrogens is 2. The molecule has 0 unspecified atom stereocenters. The topological polar surface area (TPSA) is 64.1 Å². The lowest BCUT2D eigenvalue weighted by atomic mass is 10.0. The van der Waals surface area contributed by atoms with Gasteiger partial charge in [-0.1, -0.05) is 32.1 Å². The maximum Gasteiger partial charge on any atom is 0.256 e. The summed E-state index contributed by atoms with van der Waals surface area (Å²) in [5.74, 6) is 1.14. The first-order valence-corrected chi connectivity index (χ1v) is 8.50. The Morgan fingerprint density at radius 1 is 1.33 bits per heavy atom. The number of hydrogen-bond donors (Lipinski definition) is 1. The minimum Gasteiger partial charge on any atom is -0.497 e. The van der Waals surface area contributed by atoms with Crippen LogP contribution >= 0.6 is 11.3 Å². The third-order valence-corrected chi connectivity index (χ3v) is 4.78. The minimum atomic E-state index is -0.0983. The SMILES string of the molecule is CCC1=C(C(=O)Nc2nnc(C(CC)CC)s2)CCCO1. The van der Waals surface area contributed by atoms with E-state index in [4.69, 9.17) is 4.74 Å². The van der Waals surface area contributed by atoms with Crippen LogP contribution in [0.3, 0.4) is 0 Å². The van der Waals surface area contributed by atoms with Gasteiger partial charge in [0.25, 0.3) is 5.91 Å². The van der Waals surface area contributed by atoms with Crippen molar-refractivity contribution in [1.82, 2.24) is 10.2 Å². The molecule has 0 aromatic carbocycles. The average molecular weight is 309 g/mol. The fraction of sp³-hybridized carbons (Fsp3) is 0.667. The predicted octanol–water partition coefficient (Wildman–Crippen LogP) is 3.85. The van der Waals surface area contributed by atoms with E-state index in [0.717, 1.165) is 48.4 Å². The van der Waals surface area contributed by atoms with Gasteiger partial charge in [0.1, 0.15) is 10.8 Å². The van der Waals surface area contributed by atoms with Crippen molar-refractivity contribution in [3.05, 3.63) is 16.3 Å². The maximum absolute atomic E-state index is 12.3. The van der Waals surface area contributed by atoms with Crippen LogP contribution in [0.15, 0.2) is 11.3 Å². The van der Waals surface area contributed by atoms with Crippen molar-refractivity contribution >= 4 is 22.4 Å². The fourth-order valence-electron chi connectivity index (χ4n) is 2.49. The van der Waals surface area contributed by atoms with Gasteiger partial charge in [-0.15, -0.1) is 10.2 Å².